The van der Waals surface area contributed by atoms with Gasteiger partial charge in [0.25, 0.3) is 0 Å². The first-order chi connectivity index (χ1) is 11.6. The van der Waals surface area contributed by atoms with E-state index < -0.39 is 0 Å². The van der Waals surface area contributed by atoms with Gasteiger partial charge in [0.1, 0.15) is 0 Å². The number of hydrogen-bond acceptors (Lipinski definition) is 5. The highest BCUT2D eigenvalue weighted by Gasteiger charge is 2.22. The maximum Gasteiger partial charge on any atom is 0.191 e. The van der Waals surface area contributed by atoms with E-state index in [0.717, 1.165) is 36.8 Å². The number of H-pyrrole nitrogens is 1. The molecular weight excluding hydrogens is 322 g/mol. The van der Waals surface area contributed by atoms with Gasteiger partial charge in [-0.05, 0) is 39.1 Å². The number of carbonyl (C=O) groups excluding carboxylic acids is 1. The van der Waals surface area contributed by atoms with Crippen LogP contribution < -0.4 is 0 Å². The zero-order chi connectivity index (χ0) is 17.5. The third-order valence-corrected chi connectivity index (χ3v) is 4.99. The summed E-state index contributed by atoms with van der Waals surface area (Å²) in [4.78, 5) is 17.3. The molecule has 0 amide bonds. The number of aromatic amines is 1. The van der Waals surface area contributed by atoms with Gasteiger partial charge in [0, 0.05) is 12.7 Å². The molecule has 132 valence electrons. The van der Waals surface area contributed by atoms with E-state index in [1.165, 1.54) is 11.8 Å². The van der Waals surface area contributed by atoms with E-state index in [1.807, 2.05) is 6.07 Å². The molecule has 1 unspecified atom stereocenters. The summed E-state index contributed by atoms with van der Waals surface area (Å²) in [5.41, 5.74) is 0.641. The van der Waals surface area contributed by atoms with E-state index in [2.05, 4.69) is 52.6 Å². The number of carbonyl (C=O) groups is 1. The number of thioether (sulfide) groups is 1. The van der Waals surface area contributed by atoms with Gasteiger partial charge in [-0.2, -0.15) is 0 Å². The molecule has 0 saturated carbocycles. The van der Waals surface area contributed by atoms with Crippen molar-refractivity contribution in [2.45, 2.75) is 50.9 Å². The molecular formula is C17H27N5OS. The quantitative estimate of drug-likeness (QED) is 0.526. The molecule has 7 heteroatoms. The van der Waals surface area contributed by atoms with Crippen LogP contribution in [-0.4, -0.2) is 50.3 Å². The molecule has 2 rings (SSSR count). The minimum atomic E-state index is 0.0799. The van der Waals surface area contributed by atoms with Crippen molar-refractivity contribution >= 4 is 17.5 Å². The number of Topliss-reactive ketones (excluding diaryl/α,β-unsaturated/α-hetero) is 1. The van der Waals surface area contributed by atoms with Crippen molar-refractivity contribution in [3.05, 3.63) is 29.8 Å². The van der Waals surface area contributed by atoms with Gasteiger partial charge in [-0.15, -0.1) is 10.2 Å². The molecule has 0 fully saturated rings. The van der Waals surface area contributed by atoms with Gasteiger partial charge in [0.05, 0.1) is 17.5 Å². The van der Waals surface area contributed by atoms with Gasteiger partial charge < -0.3 is 9.55 Å². The second-order valence-electron chi connectivity index (χ2n) is 6.03. The minimum absolute atomic E-state index is 0.0799. The van der Waals surface area contributed by atoms with E-state index in [9.17, 15) is 4.79 Å². The Morgan fingerprint density at radius 3 is 2.75 bits per heavy atom. The van der Waals surface area contributed by atoms with Crippen LogP contribution in [0, 0.1) is 0 Å². The molecule has 0 aromatic carbocycles. The van der Waals surface area contributed by atoms with Crippen LogP contribution in [0.4, 0.5) is 0 Å². The summed E-state index contributed by atoms with van der Waals surface area (Å²) in [6.45, 7) is 5.22. The molecule has 2 aromatic heterocycles. The van der Waals surface area contributed by atoms with Crippen LogP contribution in [0.25, 0.3) is 0 Å². The number of aromatic nitrogens is 4. The molecule has 0 aliphatic rings. The van der Waals surface area contributed by atoms with Gasteiger partial charge in [0.15, 0.2) is 16.8 Å². The Labute approximate surface area is 148 Å². The number of unbranched alkanes of at least 4 members (excludes halogenated alkanes) is 1. The summed E-state index contributed by atoms with van der Waals surface area (Å²) >= 11 is 1.47. The molecule has 0 saturated heterocycles. The van der Waals surface area contributed by atoms with Gasteiger partial charge in [-0.25, -0.2) is 0 Å². The molecule has 0 bridgehead atoms. The Balaban J connectivity index is 2.16. The third-order valence-electron chi connectivity index (χ3n) is 4.02. The lowest BCUT2D eigenvalue weighted by molar-refractivity contribution is 0.101. The summed E-state index contributed by atoms with van der Waals surface area (Å²) in [6.07, 6.45) is 4.93. The Bertz CT molecular complexity index is 635. The van der Waals surface area contributed by atoms with Gasteiger partial charge >= 0.3 is 0 Å². The van der Waals surface area contributed by atoms with Crippen molar-refractivity contribution in [2.24, 2.45) is 0 Å². The van der Waals surface area contributed by atoms with Crippen LogP contribution in [0.2, 0.25) is 0 Å². The second-order valence-corrected chi connectivity index (χ2v) is 6.97. The monoisotopic (exact) mass is 349 g/mol. The van der Waals surface area contributed by atoms with Crippen LogP contribution in [0.5, 0.6) is 0 Å². The van der Waals surface area contributed by atoms with Gasteiger partial charge in [-0.1, -0.05) is 32.0 Å². The number of nitrogens with one attached hydrogen (secondary N) is 1. The average Bonchev–Trinajstić information content (AvgIpc) is 3.21. The SMILES string of the molecule is CCCCn1c(SCC(=O)c2ccc[nH]2)nnc1C(CC)N(C)C. The standard InChI is InChI=1S/C17H27N5OS/c1-5-7-11-22-16(14(6-2)21(3)4)19-20-17(22)24-12-15(23)13-9-8-10-18-13/h8-10,14,18H,5-7,11-12H2,1-4H3. The smallest absolute Gasteiger partial charge is 0.191 e. The van der Waals surface area contributed by atoms with Gasteiger partial charge in [-0.3, -0.25) is 9.69 Å². The fraction of sp³-hybridized carbons (Fsp3) is 0.588. The lowest BCUT2D eigenvalue weighted by Gasteiger charge is -2.23. The van der Waals surface area contributed by atoms with Crippen molar-refractivity contribution < 1.29 is 4.79 Å². The Hall–Kier alpha value is -1.60. The Morgan fingerprint density at radius 2 is 2.17 bits per heavy atom. The Morgan fingerprint density at radius 1 is 1.38 bits per heavy atom. The van der Waals surface area contributed by atoms with Crippen LogP contribution in [0.3, 0.4) is 0 Å². The van der Waals surface area contributed by atoms with E-state index in [-0.39, 0.29) is 11.8 Å². The normalized spacial score (nSPS) is 12.7. The molecule has 2 aromatic rings. The zero-order valence-corrected chi connectivity index (χ0v) is 15.8. The molecule has 1 N–H and O–H groups in total. The van der Waals surface area contributed by atoms with Crippen molar-refractivity contribution in [3.8, 4) is 0 Å². The molecule has 0 radical (unpaired) electrons. The fourth-order valence-electron chi connectivity index (χ4n) is 2.67. The van der Waals surface area contributed by atoms with Crippen molar-refractivity contribution in [2.75, 3.05) is 19.8 Å². The van der Waals surface area contributed by atoms with Crippen molar-refractivity contribution in [3.63, 3.8) is 0 Å². The fourth-order valence-corrected chi connectivity index (χ4v) is 3.52. The van der Waals surface area contributed by atoms with Gasteiger partial charge in [0.2, 0.25) is 0 Å². The molecule has 0 aliphatic heterocycles. The maximum absolute atomic E-state index is 12.2. The predicted molar refractivity (Wildman–Crippen MR) is 97.5 cm³/mol. The van der Waals surface area contributed by atoms with Crippen LogP contribution in [0.1, 0.15) is 55.5 Å². The van der Waals surface area contributed by atoms with Crippen molar-refractivity contribution in [1.29, 1.82) is 0 Å². The van der Waals surface area contributed by atoms with Crippen molar-refractivity contribution in [1.82, 2.24) is 24.6 Å². The van der Waals surface area contributed by atoms with E-state index in [0.29, 0.717) is 11.4 Å². The first kappa shape index (κ1) is 18.7. The number of rotatable bonds is 10. The molecule has 1 atom stereocenters. The number of nitrogens with zero attached hydrogens (tertiary/aromatic N) is 4. The second kappa shape index (κ2) is 9.03. The van der Waals surface area contributed by atoms with Crippen LogP contribution >= 0.6 is 11.8 Å². The summed E-state index contributed by atoms with van der Waals surface area (Å²) in [7, 11) is 4.13. The lowest BCUT2D eigenvalue weighted by Crippen LogP contribution is -2.23. The predicted octanol–water partition coefficient (Wildman–Crippen LogP) is 3.39. The highest BCUT2D eigenvalue weighted by Crippen LogP contribution is 2.26. The summed E-state index contributed by atoms with van der Waals surface area (Å²) < 4.78 is 2.18. The summed E-state index contributed by atoms with van der Waals surface area (Å²) in [5, 5.41) is 9.63. The summed E-state index contributed by atoms with van der Waals surface area (Å²) in [5.74, 6) is 1.44. The minimum Gasteiger partial charge on any atom is -0.359 e. The number of hydrogen-bond donors (Lipinski definition) is 1. The molecule has 6 nitrogen and oxygen atoms in total. The van der Waals surface area contributed by atoms with E-state index in [1.54, 1.807) is 12.3 Å². The maximum atomic E-state index is 12.2. The molecule has 0 spiro atoms. The summed E-state index contributed by atoms with van der Waals surface area (Å²) in [6, 6.07) is 3.88. The largest absolute Gasteiger partial charge is 0.359 e. The highest BCUT2D eigenvalue weighted by molar-refractivity contribution is 7.99. The lowest BCUT2D eigenvalue weighted by atomic mass is 10.2. The molecule has 24 heavy (non-hydrogen) atoms. The van der Waals surface area contributed by atoms with E-state index >= 15 is 0 Å². The first-order valence-electron chi connectivity index (χ1n) is 8.47. The Kier molecular flexibility index (Phi) is 7.05. The number of ketones is 1. The average molecular weight is 350 g/mol. The van der Waals surface area contributed by atoms with E-state index in [4.69, 9.17) is 0 Å². The van der Waals surface area contributed by atoms with Crippen LogP contribution in [-0.2, 0) is 6.54 Å². The van der Waals surface area contributed by atoms with Crippen LogP contribution in [0.15, 0.2) is 23.5 Å². The topological polar surface area (TPSA) is 66.8 Å². The third kappa shape index (κ3) is 4.48. The first-order valence-corrected chi connectivity index (χ1v) is 9.45. The molecule has 0 aliphatic carbocycles. The highest BCUT2D eigenvalue weighted by atomic mass is 32.2. The molecule has 2 heterocycles. The zero-order valence-electron chi connectivity index (χ0n) is 15.0.